The van der Waals surface area contributed by atoms with Gasteiger partial charge in [-0.15, -0.1) is 0 Å². The van der Waals surface area contributed by atoms with Crippen LogP contribution in [0.5, 0.6) is 0 Å². The zero-order valence-electron chi connectivity index (χ0n) is 10.7. The van der Waals surface area contributed by atoms with Gasteiger partial charge in [-0.1, -0.05) is 46.4 Å². The van der Waals surface area contributed by atoms with Crippen molar-refractivity contribution in [3.8, 4) is 0 Å². The van der Waals surface area contributed by atoms with Crippen molar-refractivity contribution in [2.45, 2.75) is 0 Å². The molecule has 0 fully saturated rings. The van der Waals surface area contributed by atoms with Gasteiger partial charge in [0.05, 0.1) is 31.5 Å². The normalized spacial score (nSPS) is 12.4. The van der Waals surface area contributed by atoms with E-state index in [1.807, 2.05) is 0 Å². The van der Waals surface area contributed by atoms with E-state index in [9.17, 15) is 0 Å². The molecule has 2 N–H and O–H groups in total. The molecule has 22 heavy (non-hydrogen) atoms. The third-order valence-electron chi connectivity index (χ3n) is 3.29. The van der Waals surface area contributed by atoms with Crippen LogP contribution in [0.15, 0.2) is 24.3 Å². The summed E-state index contributed by atoms with van der Waals surface area (Å²) in [4.78, 5) is 9.00. The Labute approximate surface area is 145 Å². The summed E-state index contributed by atoms with van der Waals surface area (Å²) in [5.41, 5.74) is 2.58. The Morgan fingerprint density at radius 2 is 1.05 bits per heavy atom. The van der Waals surface area contributed by atoms with Crippen LogP contribution < -0.4 is 10.6 Å². The topological polar surface area (TPSA) is 49.8 Å². The van der Waals surface area contributed by atoms with Crippen molar-refractivity contribution in [1.29, 1.82) is 0 Å². The lowest BCUT2D eigenvalue weighted by molar-refractivity contribution is 1.25. The average Bonchev–Trinajstić information content (AvgIpc) is 2.49. The summed E-state index contributed by atoms with van der Waals surface area (Å²) in [5, 5.41) is 8.20. The number of hydrogen-bond donors (Lipinski definition) is 2. The van der Waals surface area contributed by atoms with E-state index in [4.69, 9.17) is 46.4 Å². The minimum atomic E-state index is 0.452. The van der Waals surface area contributed by atoms with Crippen LogP contribution in [-0.4, -0.2) is 9.97 Å². The van der Waals surface area contributed by atoms with E-state index in [2.05, 4.69) is 20.6 Å². The van der Waals surface area contributed by atoms with Gasteiger partial charge in [0.2, 0.25) is 0 Å². The molecule has 1 aromatic heterocycles. The number of nitrogens with zero attached hydrogens (tertiary/aromatic N) is 2. The minimum absolute atomic E-state index is 0.452. The summed E-state index contributed by atoms with van der Waals surface area (Å²) in [5.74, 6) is 1.09. The number of anilines is 4. The third-order valence-corrected chi connectivity index (χ3v) is 4.62. The molecule has 0 amide bonds. The molecule has 0 aliphatic carbocycles. The summed E-state index contributed by atoms with van der Waals surface area (Å²) in [7, 11) is 0. The van der Waals surface area contributed by atoms with Crippen molar-refractivity contribution in [1.82, 2.24) is 9.97 Å². The fourth-order valence-electron chi connectivity index (χ4n) is 2.26. The van der Waals surface area contributed by atoms with Crippen molar-refractivity contribution < 1.29 is 0 Å². The number of halogens is 4. The molecule has 0 saturated carbocycles. The Hall–Kier alpha value is -1.46. The van der Waals surface area contributed by atoms with Gasteiger partial charge in [-0.05, 0) is 24.3 Å². The lowest BCUT2D eigenvalue weighted by atomic mass is 10.2. The molecule has 0 spiro atoms. The van der Waals surface area contributed by atoms with Crippen molar-refractivity contribution >= 4 is 80.4 Å². The summed E-state index contributed by atoms with van der Waals surface area (Å²) < 4.78 is 0. The highest BCUT2D eigenvalue weighted by atomic mass is 35.5. The van der Waals surface area contributed by atoms with Crippen LogP contribution in [-0.2, 0) is 0 Å². The molecule has 8 heteroatoms. The van der Waals surface area contributed by atoms with E-state index in [-0.39, 0.29) is 0 Å². The number of aromatic nitrogens is 2. The molecular formula is C14H6Cl4N4. The summed E-state index contributed by atoms with van der Waals surface area (Å²) in [6.07, 6.45) is 0. The van der Waals surface area contributed by atoms with Crippen LogP contribution in [0.4, 0.5) is 23.0 Å². The number of hydrogen-bond acceptors (Lipinski definition) is 4. The molecule has 1 aliphatic heterocycles. The Bertz CT molecular complexity index is 867. The molecule has 0 saturated heterocycles. The maximum absolute atomic E-state index is 6.17. The van der Waals surface area contributed by atoms with Crippen LogP contribution >= 0.6 is 46.4 Å². The van der Waals surface area contributed by atoms with E-state index >= 15 is 0 Å². The smallest absolute Gasteiger partial charge is 0.174 e. The summed E-state index contributed by atoms with van der Waals surface area (Å²) >= 11 is 24.4. The van der Waals surface area contributed by atoms with Gasteiger partial charge in [0.15, 0.2) is 11.6 Å². The van der Waals surface area contributed by atoms with E-state index in [1.54, 1.807) is 24.3 Å². The van der Waals surface area contributed by atoms with Crippen LogP contribution in [0, 0.1) is 0 Å². The van der Waals surface area contributed by atoms with Crippen LogP contribution in [0.25, 0.3) is 11.0 Å². The maximum Gasteiger partial charge on any atom is 0.174 e. The molecule has 4 rings (SSSR count). The predicted octanol–water partition coefficient (Wildman–Crippen LogP) is 6.04. The van der Waals surface area contributed by atoms with Gasteiger partial charge in [0.1, 0.15) is 11.0 Å². The predicted molar refractivity (Wildman–Crippen MR) is 92.6 cm³/mol. The Morgan fingerprint density at radius 3 is 1.45 bits per heavy atom. The van der Waals surface area contributed by atoms with Crippen molar-refractivity contribution in [3.05, 3.63) is 44.4 Å². The minimum Gasteiger partial charge on any atom is -0.335 e. The van der Waals surface area contributed by atoms with Gasteiger partial charge in [-0.2, -0.15) is 0 Å². The fraction of sp³-hybridized carbons (Fsp3) is 0. The highest BCUT2D eigenvalue weighted by Crippen LogP contribution is 2.42. The number of fused-ring (bicyclic) bond motifs is 3. The second-order valence-corrected chi connectivity index (χ2v) is 6.34. The van der Waals surface area contributed by atoms with Crippen molar-refractivity contribution in [2.75, 3.05) is 10.6 Å². The lowest BCUT2D eigenvalue weighted by Crippen LogP contribution is -2.10. The largest absolute Gasteiger partial charge is 0.335 e. The lowest BCUT2D eigenvalue weighted by Gasteiger charge is -2.22. The van der Waals surface area contributed by atoms with Crippen LogP contribution in [0.3, 0.4) is 0 Å². The van der Waals surface area contributed by atoms with Gasteiger partial charge < -0.3 is 10.6 Å². The second-order valence-electron chi connectivity index (χ2n) is 4.71. The van der Waals surface area contributed by atoms with Gasteiger partial charge in [0.25, 0.3) is 0 Å². The van der Waals surface area contributed by atoms with E-state index < -0.39 is 0 Å². The van der Waals surface area contributed by atoms with E-state index in [0.29, 0.717) is 42.8 Å². The molecule has 0 unspecified atom stereocenters. The van der Waals surface area contributed by atoms with Crippen molar-refractivity contribution in [3.63, 3.8) is 0 Å². The van der Waals surface area contributed by atoms with Crippen LogP contribution in [0.2, 0.25) is 20.1 Å². The number of rotatable bonds is 0. The second kappa shape index (κ2) is 5.03. The molecular weight excluding hydrogens is 366 g/mol. The Morgan fingerprint density at radius 1 is 0.636 bits per heavy atom. The van der Waals surface area contributed by atoms with Crippen LogP contribution in [0.1, 0.15) is 0 Å². The molecule has 1 aliphatic rings. The zero-order valence-corrected chi connectivity index (χ0v) is 13.7. The maximum atomic E-state index is 6.17. The highest BCUT2D eigenvalue weighted by molar-refractivity contribution is 6.42. The van der Waals surface area contributed by atoms with Crippen molar-refractivity contribution in [2.24, 2.45) is 0 Å². The van der Waals surface area contributed by atoms with Gasteiger partial charge in [-0.25, -0.2) is 9.97 Å². The van der Waals surface area contributed by atoms with Gasteiger partial charge in [0, 0.05) is 0 Å². The quantitative estimate of drug-likeness (QED) is 0.395. The molecule has 3 aromatic rings. The highest BCUT2D eigenvalue weighted by Gasteiger charge is 2.20. The van der Waals surface area contributed by atoms with Gasteiger partial charge >= 0.3 is 0 Å². The Kier molecular flexibility index (Phi) is 3.24. The molecule has 0 atom stereocenters. The average molecular weight is 372 g/mol. The standard InChI is InChI=1S/C14H6Cl4N4/c15-5-1-2-6(16)12-11(5)21-13-14(22-12)20-10-4-8(18)7(17)3-9(10)19-13/h1-4H,(H,19,21)(H,20,22). The van der Waals surface area contributed by atoms with Gasteiger partial charge in [-0.3, -0.25) is 0 Å². The first kappa shape index (κ1) is 14.2. The first-order valence-electron chi connectivity index (χ1n) is 6.22. The summed E-state index contributed by atoms with van der Waals surface area (Å²) in [6.45, 7) is 0. The SMILES string of the molecule is Clc1cc2c(cc1Cl)Nc1nc3c(Cl)ccc(Cl)c3nc1N2. The zero-order chi connectivity index (χ0) is 15.4. The third kappa shape index (κ3) is 2.15. The number of benzene rings is 2. The Balaban J connectivity index is 1.93. The fourth-order valence-corrected chi connectivity index (χ4v) is 2.97. The molecule has 0 radical (unpaired) electrons. The molecule has 110 valence electrons. The first-order chi connectivity index (χ1) is 10.5. The van der Waals surface area contributed by atoms with E-state index in [1.165, 1.54) is 0 Å². The monoisotopic (exact) mass is 370 g/mol. The summed E-state index contributed by atoms with van der Waals surface area (Å²) in [6, 6.07) is 6.82. The number of nitrogens with one attached hydrogen (secondary N) is 2. The van der Waals surface area contributed by atoms with E-state index in [0.717, 1.165) is 11.4 Å². The molecule has 2 heterocycles. The molecule has 0 bridgehead atoms. The molecule has 4 nitrogen and oxygen atoms in total. The molecule has 2 aromatic carbocycles. The first-order valence-corrected chi connectivity index (χ1v) is 7.73.